The fourth-order valence-corrected chi connectivity index (χ4v) is 1.71. The SMILES string of the molecule is Cn1ncnc1CNCc1c(F)cccc1OC(F)(F)F. The van der Waals surface area contributed by atoms with E-state index < -0.39 is 17.9 Å². The molecule has 1 heterocycles. The number of hydrogen-bond acceptors (Lipinski definition) is 4. The maximum Gasteiger partial charge on any atom is 0.573 e. The Hall–Kier alpha value is -2.16. The monoisotopic (exact) mass is 304 g/mol. The first-order valence-corrected chi connectivity index (χ1v) is 5.93. The summed E-state index contributed by atoms with van der Waals surface area (Å²) in [6.07, 6.45) is -3.52. The lowest BCUT2D eigenvalue weighted by molar-refractivity contribution is -0.275. The van der Waals surface area contributed by atoms with E-state index in [1.54, 1.807) is 7.05 Å². The van der Waals surface area contributed by atoms with Crippen molar-refractivity contribution in [2.24, 2.45) is 7.05 Å². The molecule has 114 valence electrons. The van der Waals surface area contributed by atoms with Crippen LogP contribution in [-0.4, -0.2) is 21.1 Å². The largest absolute Gasteiger partial charge is 0.573 e. The third-order valence-electron chi connectivity index (χ3n) is 2.69. The maximum absolute atomic E-state index is 13.6. The molecule has 1 N–H and O–H groups in total. The third-order valence-corrected chi connectivity index (χ3v) is 2.69. The van der Waals surface area contributed by atoms with Gasteiger partial charge in [-0.1, -0.05) is 6.07 Å². The van der Waals surface area contributed by atoms with E-state index in [-0.39, 0.29) is 18.7 Å². The molecule has 2 aromatic rings. The molecule has 1 aromatic heterocycles. The molecule has 0 spiro atoms. The summed E-state index contributed by atoms with van der Waals surface area (Å²) in [5.74, 6) is -0.764. The number of alkyl halides is 3. The van der Waals surface area contributed by atoms with E-state index in [1.165, 1.54) is 11.0 Å². The average Bonchev–Trinajstić information content (AvgIpc) is 2.77. The highest BCUT2D eigenvalue weighted by Gasteiger charge is 2.32. The van der Waals surface area contributed by atoms with Crippen LogP contribution in [0.2, 0.25) is 0 Å². The molecule has 2 rings (SSSR count). The first-order valence-electron chi connectivity index (χ1n) is 5.93. The van der Waals surface area contributed by atoms with Gasteiger partial charge < -0.3 is 10.1 Å². The van der Waals surface area contributed by atoms with Gasteiger partial charge in [0.25, 0.3) is 0 Å². The van der Waals surface area contributed by atoms with E-state index in [9.17, 15) is 17.6 Å². The number of ether oxygens (including phenoxy) is 1. The van der Waals surface area contributed by atoms with Crippen LogP contribution in [0.15, 0.2) is 24.5 Å². The zero-order valence-corrected chi connectivity index (χ0v) is 11.0. The molecule has 0 aliphatic rings. The first kappa shape index (κ1) is 15.2. The molecule has 0 atom stereocenters. The van der Waals surface area contributed by atoms with Crippen LogP contribution in [0.25, 0.3) is 0 Å². The highest BCUT2D eigenvalue weighted by molar-refractivity contribution is 5.34. The van der Waals surface area contributed by atoms with Crippen molar-refractivity contribution >= 4 is 0 Å². The Kier molecular flexibility index (Phi) is 4.41. The molecule has 21 heavy (non-hydrogen) atoms. The molecular weight excluding hydrogens is 292 g/mol. The number of halogens is 4. The van der Waals surface area contributed by atoms with Crippen molar-refractivity contribution < 1.29 is 22.3 Å². The standard InChI is InChI=1S/C12H12F4N4O/c1-20-11(18-7-19-20)6-17-5-8-9(13)3-2-4-10(8)21-12(14,15)16/h2-4,7,17H,5-6H2,1H3. The normalized spacial score (nSPS) is 11.7. The second-order valence-corrected chi connectivity index (χ2v) is 4.17. The average molecular weight is 304 g/mol. The van der Waals surface area contributed by atoms with E-state index >= 15 is 0 Å². The van der Waals surface area contributed by atoms with Gasteiger partial charge >= 0.3 is 6.36 Å². The predicted octanol–water partition coefficient (Wildman–Crippen LogP) is 2.14. The van der Waals surface area contributed by atoms with Crippen molar-refractivity contribution in [3.8, 4) is 5.75 Å². The van der Waals surface area contributed by atoms with Crippen LogP contribution in [0.5, 0.6) is 5.75 Å². The summed E-state index contributed by atoms with van der Waals surface area (Å²) >= 11 is 0. The summed E-state index contributed by atoms with van der Waals surface area (Å²) in [5, 5.41) is 6.65. The summed E-state index contributed by atoms with van der Waals surface area (Å²) in [6, 6.07) is 3.29. The Balaban J connectivity index is 2.06. The molecule has 1 aromatic carbocycles. The van der Waals surface area contributed by atoms with Gasteiger partial charge in [-0.25, -0.2) is 9.37 Å². The van der Waals surface area contributed by atoms with E-state index in [0.717, 1.165) is 18.2 Å². The Morgan fingerprint density at radius 1 is 1.29 bits per heavy atom. The molecule has 0 aliphatic carbocycles. The van der Waals surface area contributed by atoms with Gasteiger partial charge in [0, 0.05) is 19.2 Å². The van der Waals surface area contributed by atoms with Crippen LogP contribution in [-0.2, 0) is 20.1 Å². The van der Waals surface area contributed by atoms with Crippen LogP contribution in [0.3, 0.4) is 0 Å². The first-order chi connectivity index (χ1) is 9.87. The summed E-state index contributed by atoms with van der Waals surface area (Å²) in [6.45, 7) is 0.0985. The van der Waals surface area contributed by atoms with Crippen LogP contribution in [0, 0.1) is 5.82 Å². The van der Waals surface area contributed by atoms with Crippen molar-refractivity contribution in [1.82, 2.24) is 20.1 Å². The molecule has 0 saturated carbocycles. The summed E-state index contributed by atoms with van der Waals surface area (Å²) in [5.41, 5.74) is -0.197. The molecule has 5 nitrogen and oxygen atoms in total. The summed E-state index contributed by atoms with van der Waals surface area (Å²) in [7, 11) is 1.67. The topological polar surface area (TPSA) is 52.0 Å². The van der Waals surface area contributed by atoms with E-state index in [4.69, 9.17) is 0 Å². The van der Waals surface area contributed by atoms with Crippen molar-refractivity contribution in [1.29, 1.82) is 0 Å². The Bertz CT molecular complexity index is 612. The van der Waals surface area contributed by atoms with E-state index in [2.05, 4.69) is 20.1 Å². The van der Waals surface area contributed by atoms with Crippen LogP contribution in [0.1, 0.15) is 11.4 Å². The summed E-state index contributed by atoms with van der Waals surface area (Å²) in [4.78, 5) is 3.94. The van der Waals surface area contributed by atoms with E-state index in [1.807, 2.05) is 0 Å². The van der Waals surface area contributed by atoms with E-state index in [0.29, 0.717) is 5.82 Å². The number of aromatic nitrogens is 3. The Morgan fingerprint density at radius 3 is 2.67 bits per heavy atom. The second kappa shape index (κ2) is 6.08. The number of aryl methyl sites for hydroxylation is 1. The number of rotatable bonds is 5. The number of nitrogens with zero attached hydrogens (tertiary/aromatic N) is 3. The zero-order chi connectivity index (χ0) is 15.5. The van der Waals surface area contributed by atoms with Gasteiger partial charge in [0.15, 0.2) is 0 Å². The third kappa shape index (κ3) is 4.15. The molecule has 0 amide bonds. The van der Waals surface area contributed by atoms with Crippen molar-refractivity contribution in [2.75, 3.05) is 0 Å². The van der Waals surface area contributed by atoms with Gasteiger partial charge in [0.1, 0.15) is 23.7 Å². The minimum absolute atomic E-state index is 0.134. The van der Waals surface area contributed by atoms with Crippen LogP contribution in [0.4, 0.5) is 17.6 Å². The minimum Gasteiger partial charge on any atom is -0.405 e. The maximum atomic E-state index is 13.6. The fraction of sp³-hybridized carbons (Fsp3) is 0.333. The predicted molar refractivity (Wildman–Crippen MR) is 64.6 cm³/mol. The molecule has 0 aliphatic heterocycles. The van der Waals surface area contributed by atoms with Gasteiger partial charge in [-0.05, 0) is 12.1 Å². The van der Waals surface area contributed by atoms with Gasteiger partial charge in [0.05, 0.1) is 6.54 Å². The van der Waals surface area contributed by atoms with Gasteiger partial charge in [0.2, 0.25) is 0 Å². The van der Waals surface area contributed by atoms with Gasteiger partial charge in [-0.2, -0.15) is 5.10 Å². The van der Waals surface area contributed by atoms with Gasteiger partial charge in [-0.15, -0.1) is 13.2 Å². The number of nitrogens with one attached hydrogen (secondary N) is 1. The summed E-state index contributed by atoms with van der Waals surface area (Å²) < 4.78 is 55.8. The molecular formula is C12H12F4N4O. The van der Waals surface area contributed by atoms with Crippen LogP contribution < -0.4 is 10.1 Å². The lowest BCUT2D eigenvalue weighted by Crippen LogP contribution is -2.21. The smallest absolute Gasteiger partial charge is 0.405 e. The van der Waals surface area contributed by atoms with Gasteiger partial charge in [-0.3, -0.25) is 4.68 Å². The lowest BCUT2D eigenvalue weighted by Gasteiger charge is -2.14. The second-order valence-electron chi connectivity index (χ2n) is 4.17. The minimum atomic E-state index is -4.87. The van der Waals surface area contributed by atoms with Crippen molar-refractivity contribution in [3.63, 3.8) is 0 Å². The molecule has 0 radical (unpaired) electrons. The lowest BCUT2D eigenvalue weighted by atomic mass is 10.2. The van der Waals surface area contributed by atoms with Crippen molar-refractivity contribution in [2.45, 2.75) is 19.5 Å². The highest BCUT2D eigenvalue weighted by atomic mass is 19.4. The Morgan fingerprint density at radius 2 is 2.05 bits per heavy atom. The zero-order valence-electron chi connectivity index (χ0n) is 11.0. The molecule has 9 heteroatoms. The number of hydrogen-bond donors (Lipinski definition) is 1. The number of benzene rings is 1. The quantitative estimate of drug-likeness (QED) is 0.860. The molecule has 0 bridgehead atoms. The molecule has 0 saturated heterocycles. The fourth-order valence-electron chi connectivity index (χ4n) is 1.71. The highest BCUT2D eigenvalue weighted by Crippen LogP contribution is 2.27. The molecule has 0 unspecified atom stereocenters. The van der Waals surface area contributed by atoms with Crippen LogP contribution >= 0.6 is 0 Å². The Labute approximate surface area is 117 Å². The molecule has 0 fully saturated rings. The van der Waals surface area contributed by atoms with Crippen molar-refractivity contribution in [3.05, 3.63) is 41.7 Å².